The minimum Gasteiger partial charge on any atom is -0.274 e. The lowest BCUT2D eigenvalue weighted by Gasteiger charge is -2.48. The molecular weight excluding hydrogens is 404 g/mol. The van der Waals surface area contributed by atoms with Gasteiger partial charge in [-0.2, -0.15) is 0 Å². The molecule has 3 aromatic carbocycles. The molecule has 2 amide bonds. The number of likely N-dealkylation sites (tertiary alicyclic amines) is 1. The molecule has 0 spiro atoms. The van der Waals surface area contributed by atoms with Crippen LogP contribution in [0.5, 0.6) is 0 Å². The Hall–Kier alpha value is -3.80. The van der Waals surface area contributed by atoms with Crippen LogP contribution in [0.4, 0.5) is 0 Å². The van der Waals surface area contributed by atoms with E-state index in [0.717, 1.165) is 16.7 Å². The molecule has 1 heterocycles. The van der Waals surface area contributed by atoms with Crippen LogP contribution in [0.25, 0.3) is 0 Å². The summed E-state index contributed by atoms with van der Waals surface area (Å²) >= 11 is 0. The number of benzene rings is 3. The van der Waals surface area contributed by atoms with Gasteiger partial charge in [0.25, 0.3) is 5.54 Å². The number of amides is 2. The van der Waals surface area contributed by atoms with E-state index in [1.54, 1.807) is 24.3 Å². The molecule has 1 fully saturated rings. The van der Waals surface area contributed by atoms with Crippen LogP contribution in [-0.4, -0.2) is 21.6 Å². The van der Waals surface area contributed by atoms with Crippen molar-refractivity contribution >= 4 is 11.8 Å². The Morgan fingerprint density at radius 2 is 1.38 bits per heavy atom. The number of imide groups is 1. The van der Waals surface area contributed by atoms with Gasteiger partial charge in [-0.1, -0.05) is 78.9 Å². The third-order valence-corrected chi connectivity index (χ3v) is 7.56. The van der Waals surface area contributed by atoms with Gasteiger partial charge < -0.3 is 0 Å². The number of carbonyl (C=O) groups is 2. The molecule has 3 aromatic rings. The van der Waals surface area contributed by atoms with E-state index in [1.807, 2.05) is 61.5 Å². The Morgan fingerprint density at radius 1 is 0.844 bits per heavy atom. The Kier molecular flexibility index (Phi) is 3.76. The van der Waals surface area contributed by atoms with Crippen molar-refractivity contribution in [2.24, 2.45) is 11.8 Å². The van der Waals surface area contributed by atoms with Gasteiger partial charge in [-0.25, -0.2) is 0 Å². The smallest absolute Gasteiger partial charge is 0.274 e. The molecule has 7 rings (SSSR count). The zero-order valence-electron chi connectivity index (χ0n) is 17.3. The molecule has 32 heavy (non-hydrogen) atoms. The molecule has 0 saturated carbocycles. The topological polar surface area (TPSA) is 80.5 Å². The first-order valence-electron chi connectivity index (χ1n) is 10.7. The average molecular weight is 424 g/mol. The van der Waals surface area contributed by atoms with E-state index >= 15 is 0 Å². The van der Waals surface area contributed by atoms with E-state index < -0.39 is 29.3 Å². The predicted molar refractivity (Wildman–Crippen MR) is 116 cm³/mol. The molecule has 0 N–H and O–H groups in total. The summed E-state index contributed by atoms with van der Waals surface area (Å²) in [5.41, 5.74) is 1.67. The number of rotatable bonds is 3. The molecule has 6 nitrogen and oxygen atoms in total. The quantitative estimate of drug-likeness (QED) is 0.361. The maximum Gasteiger partial charge on any atom is 0.284 e. The van der Waals surface area contributed by atoms with Crippen LogP contribution in [-0.2, 0) is 15.1 Å². The fourth-order valence-corrected chi connectivity index (χ4v) is 6.33. The molecule has 0 unspecified atom stereocenters. The van der Waals surface area contributed by atoms with Crippen LogP contribution in [0.2, 0.25) is 0 Å². The molecule has 3 aliphatic carbocycles. The fourth-order valence-electron chi connectivity index (χ4n) is 6.33. The van der Waals surface area contributed by atoms with Crippen molar-refractivity contribution in [3.8, 4) is 0 Å². The van der Waals surface area contributed by atoms with Crippen LogP contribution < -0.4 is 0 Å². The van der Waals surface area contributed by atoms with E-state index in [2.05, 4.69) is 0 Å². The maximum atomic E-state index is 13.9. The summed E-state index contributed by atoms with van der Waals surface area (Å²) in [5.74, 6) is -3.01. The van der Waals surface area contributed by atoms with Crippen LogP contribution >= 0.6 is 0 Å². The van der Waals surface area contributed by atoms with Gasteiger partial charge in [0.1, 0.15) is 5.92 Å². The van der Waals surface area contributed by atoms with E-state index in [-0.39, 0.29) is 16.7 Å². The molecule has 158 valence electrons. The largest absolute Gasteiger partial charge is 0.284 e. The molecule has 1 saturated heterocycles. The van der Waals surface area contributed by atoms with E-state index in [0.29, 0.717) is 11.1 Å². The van der Waals surface area contributed by atoms with Crippen molar-refractivity contribution in [1.82, 2.24) is 4.90 Å². The highest BCUT2D eigenvalue weighted by Crippen LogP contribution is 2.64. The minimum absolute atomic E-state index is 0.323. The predicted octanol–water partition coefficient (Wildman–Crippen LogP) is 4.03. The lowest BCUT2D eigenvalue weighted by Crippen LogP contribution is -2.57. The maximum absolute atomic E-state index is 13.9. The summed E-state index contributed by atoms with van der Waals surface area (Å²) in [5, 5.41) is 12.9. The summed E-state index contributed by atoms with van der Waals surface area (Å²) < 4.78 is 0. The molecule has 4 aliphatic rings. The van der Waals surface area contributed by atoms with Crippen molar-refractivity contribution in [1.29, 1.82) is 0 Å². The van der Waals surface area contributed by atoms with Crippen LogP contribution in [0, 0.1) is 22.0 Å². The Morgan fingerprint density at radius 3 is 1.94 bits per heavy atom. The number of hydrogen-bond donors (Lipinski definition) is 0. The Labute approximate surface area is 184 Å². The summed E-state index contributed by atoms with van der Waals surface area (Å²) in [6.07, 6.45) is 0. The zero-order chi connectivity index (χ0) is 22.2. The standard InChI is InChI=1S/C26H20N2O4/c1-15(16-9-3-2-4-10-16)27-24(29)22-21-17-11-5-7-13-19(17)26(28(31)32,23(22)25(27)30)20-14-8-6-12-18(20)21/h2-15,21-23H,1H3/t15-,21?,22+,23+,26?/m1/s1. The van der Waals surface area contributed by atoms with Crippen LogP contribution in [0.3, 0.4) is 0 Å². The lowest BCUT2D eigenvalue weighted by molar-refractivity contribution is -0.578. The highest BCUT2D eigenvalue weighted by atomic mass is 16.6. The van der Waals surface area contributed by atoms with Crippen LogP contribution in [0.1, 0.15) is 46.7 Å². The first-order valence-corrected chi connectivity index (χ1v) is 10.7. The second-order valence-electron chi connectivity index (χ2n) is 8.81. The van der Waals surface area contributed by atoms with Gasteiger partial charge in [0.05, 0.1) is 12.0 Å². The first-order chi connectivity index (χ1) is 15.5. The third kappa shape index (κ3) is 2.04. The molecule has 2 bridgehead atoms. The van der Waals surface area contributed by atoms with Gasteiger partial charge in [0.2, 0.25) is 11.8 Å². The molecule has 0 aromatic heterocycles. The van der Waals surface area contributed by atoms with Gasteiger partial charge >= 0.3 is 0 Å². The van der Waals surface area contributed by atoms with Crippen molar-refractivity contribution in [3.63, 3.8) is 0 Å². The number of nitro groups is 1. The van der Waals surface area contributed by atoms with Crippen LogP contribution in [0.15, 0.2) is 78.9 Å². The van der Waals surface area contributed by atoms with E-state index in [1.165, 1.54) is 4.90 Å². The van der Waals surface area contributed by atoms with Gasteiger partial charge in [0.15, 0.2) is 0 Å². The summed E-state index contributed by atoms with van der Waals surface area (Å²) in [7, 11) is 0. The second kappa shape index (κ2) is 6.36. The van der Waals surface area contributed by atoms with Gasteiger partial charge in [-0.3, -0.25) is 24.6 Å². The summed E-state index contributed by atoms with van der Waals surface area (Å²) in [4.78, 5) is 41.6. The number of hydrogen-bond acceptors (Lipinski definition) is 4. The van der Waals surface area contributed by atoms with Crippen molar-refractivity contribution < 1.29 is 14.5 Å². The highest BCUT2D eigenvalue weighted by molar-refractivity contribution is 6.08. The first kappa shape index (κ1) is 18.9. The van der Waals surface area contributed by atoms with E-state index in [4.69, 9.17) is 0 Å². The van der Waals surface area contributed by atoms with Gasteiger partial charge in [0, 0.05) is 22.0 Å². The number of carbonyl (C=O) groups excluding carboxylic acids is 2. The Balaban J connectivity index is 1.62. The van der Waals surface area contributed by atoms with Crippen molar-refractivity contribution in [3.05, 3.63) is 117 Å². The molecule has 0 radical (unpaired) electrons. The second-order valence-corrected chi connectivity index (χ2v) is 8.81. The third-order valence-electron chi connectivity index (χ3n) is 7.56. The SMILES string of the molecule is C[C@H](c1ccccc1)N1C(=O)[C@@H]2[C@@H](C1=O)C1c3ccccc3C2([N+](=O)[O-])c2ccccc21. The highest BCUT2D eigenvalue weighted by Gasteiger charge is 2.75. The fraction of sp³-hybridized carbons (Fsp3) is 0.231. The van der Waals surface area contributed by atoms with E-state index in [9.17, 15) is 19.7 Å². The average Bonchev–Trinajstić information content (AvgIpc) is 3.09. The normalized spacial score (nSPS) is 28.2. The molecule has 1 aliphatic heterocycles. The van der Waals surface area contributed by atoms with Crippen molar-refractivity contribution in [2.75, 3.05) is 0 Å². The molecule has 6 heteroatoms. The van der Waals surface area contributed by atoms with Crippen molar-refractivity contribution in [2.45, 2.75) is 24.4 Å². The Bertz CT molecular complexity index is 1250. The molecule has 3 atom stereocenters. The minimum atomic E-state index is -1.77. The number of nitrogens with zero attached hydrogens (tertiary/aromatic N) is 2. The van der Waals surface area contributed by atoms with Gasteiger partial charge in [-0.05, 0) is 23.6 Å². The zero-order valence-corrected chi connectivity index (χ0v) is 17.3. The summed E-state index contributed by atoms with van der Waals surface area (Å²) in [6, 6.07) is 23.3. The lowest BCUT2D eigenvalue weighted by atomic mass is 9.51. The monoisotopic (exact) mass is 424 g/mol. The summed E-state index contributed by atoms with van der Waals surface area (Å²) in [6.45, 7) is 1.81. The molecular formula is C26H20N2O4. The van der Waals surface area contributed by atoms with Gasteiger partial charge in [-0.15, -0.1) is 0 Å².